The molecule has 0 radical (unpaired) electrons. The summed E-state index contributed by atoms with van der Waals surface area (Å²) in [5.41, 5.74) is 0.621. The molecular weight excluding hydrogens is 218 g/mol. The van der Waals surface area contributed by atoms with Gasteiger partial charge in [-0.15, -0.1) is 0 Å². The highest BCUT2D eigenvalue weighted by Gasteiger charge is 2.25. The van der Waals surface area contributed by atoms with Gasteiger partial charge in [0, 0.05) is 45.6 Å². The van der Waals surface area contributed by atoms with E-state index in [2.05, 4.69) is 28.7 Å². The number of aromatic nitrogens is 1. The van der Waals surface area contributed by atoms with E-state index in [1.54, 1.807) is 0 Å². The van der Waals surface area contributed by atoms with Crippen LogP contribution in [-0.2, 0) is 4.74 Å². The molecule has 0 saturated carbocycles. The van der Waals surface area contributed by atoms with Crippen LogP contribution in [-0.4, -0.2) is 54.8 Å². The standard InChI is InChI=1S/C12H19N3O2/c1-13(2)15-7-5-11(9-15)14-6-4-10(8-14)12(16)17-3/h4,6,8,11H,5,7,9H2,1-3H3. The molecule has 1 aromatic heterocycles. The van der Waals surface area contributed by atoms with Crippen LogP contribution in [0, 0.1) is 0 Å². The predicted molar refractivity (Wildman–Crippen MR) is 64.7 cm³/mol. The highest BCUT2D eigenvalue weighted by Crippen LogP contribution is 2.22. The van der Waals surface area contributed by atoms with Gasteiger partial charge in [-0.25, -0.2) is 14.8 Å². The van der Waals surface area contributed by atoms with Crippen LogP contribution in [0.3, 0.4) is 0 Å². The zero-order valence-electron chi connectivity index (χ0n) is 10.6. The van der Waals surface area contributed by atoms with Gasteiger partial charge in [0.1, 0.15) is 0 Å². The fourth-order valence-corrected chi connectivity index (χ4v) is 2.21. The summed E-state index contributed by atoms with van der Waals surface area (Å²) >= 11 is 0. The zero-order valence-corrected chi connectivity index (χ0v) is 10.6. The van der Waals surface area contributed by atoms with Crippen LogP contribution in [0.1, 0.15) is 22.8 Å². The van der Waals surface area contributed by atoms with Crippen molar-refractivity contribution in [3.8, 4) is 0 Å². The number of hydrazine groups is 1. The summed E-state index contributed by atoms with van der Waals surface area (Å²) in [7, 11) is 5.51. The summed E-state index contributed by atoms with van der Waals surface area (Å²) in [5, 5.41) is 4.41. The number of hydrogen-bond donors (Lipinski definition) is 0. The Hall–Kier alpha value is -1.33. The molecule has 0 bridgehead atoms. The van der Waals surface area contributed by atoms with E-state index in [1.165, 1.54) is 7.11 Å². The van der Waals surface area contributed by atoms with Crippen LogP contribution in [0.25, 0.3) is 0 Å². The van der Waals surface area contributed by atoms with Gasteiger partial charge in [-0.05, 0) is 12.5 Å². The van der Waals surface area contributed by atoms with Crippen molar-refractivity contribution in [2.24, 2.45) is 0 Å². The Kier molecular flexibility index (Phi) is 3.49. The molecule has 1 aliphatic heterocycles. The fourth-order valence-electron chi connectivity index (χ4n) is 2.21. The van der Waals surface area contributed by atoms with Gasteiger partial charge in [0.15, 0.2) is 0 Å². The van der Waals surface area contributed by atoms with Gasteiger partial charge in [0.05, 0.1) is 12.7 Å². The molecule has 1 aromatic rings. The minimum absolute atomic E-state index is 0.272. The lowest BCUT2D eigenvalue weighted by Gasteiger charge is -2.23. The van der Waals surface area contributed by atoms with Crippen molar-refractivity contribution >= 4 is 5.97 Å². The lowest BCUT2D eigenvalue weighted by Crippen LogP contribution is -2.34. The van der Waals surface area contributed by atoms with Crippen LogP contribution in [0.2, 0.25) is 0 Å². The Morgan fingerprint density at radius 2 is 2.29 bits per heavy atom. The maximum atomic E-state index is 11.4. The summed E-state index contributed by atoms with van der Waals surface area (Å²) in [6.45, 7) is 2.05. The summed E-state index contributed by atoms with van der Waals surface area (Å²) in [6, 6.07) is 2.25. The number of methoxy groups -OCH3 is 1. The van der Waals surface area contributed by atoms with Crippen molar-refractivity contribution in [2.75, 3.05) is 34.3 Å². The maximum absolute atomic E-state index is 11.4. The fraction of sp³-hybridized carbons (Fsp3) is 0.583. The van der Waals surface area contributed by atoms with Crippen molar-refractivity contribution in [3.63, 3.8) is 0 Å². The van der Waals surface area contributed by atoms with Gasteiger partial charge >= 0.3 is 5.97 Å². The van der Waals surface area contributed by atoms with Crippen LogP contribution < -0.4 is 0 Å². The normalized spacial score (nSPS) is 21.1. The molecule has 2 heterocycles. The van der Waals surface area contributed by atoms with E-state index in [1.807, 2.05) is 18.5 Å². The second-order valence-corrected chi connectivity index (χ2v) is 4.54. The molecule has 1 aliphatic rings. The molecule has 5 heteroatoms. The van der Waals surface area contributed by atoms with Gasteiger partial charge in [0.25, 0.3) is 0 Å². The first-order chi connectivity index (χ1) is 8.11. The lowest BCUT2D eigenvalue weighted by atomic mass is 10.2. The zero-order chi connectivity index (χ0) is 12.4. The molecule has 0 N–H and O–H groups in total. The molecule has 1 saturated heterocycles. The minimum atomic E-state index is -0.272. The third-order valence-electron chi connectivity index (χ3n) is 3.26. The van der Waals surface area contributed by atoms with Crippen molar-refractivity contribution in [1.29, 1.82) is 0 Å². The van der Waals surface area contributed by atoms with E-state index in [4.69, 9.17) is 4.74 Å². The maximum Gasteiger partial charge on any atom is 0.339 e. The van der Waals surface area contributed by atoms with Crippen molar-refractivity contribution in [2.45, 2.75) is 12.5 Å². The topological polar surface area (TPSA) is 37.7 Å². The SMILES string of the molecule is COC(=O)c1ccn(C2CCN(N(C)C)C2)c1. The molecule has 1 unspecified atom stereocenters. The second kappa shape index (κ2) is 4.89. The quantitative estimate of drug-likeness (QED) is 0.735. The molecule has 0 spiro atoms. The monoisotopic (exact) mass is 237 g/mol. The van der Waals surface area contributed by atoms with E-state index >= 15 is 0 Å². The molecule has 0 aliphatic carbocycles. The Bertz CT molecular complexity index is 400. The third-order valence-corrected chi connectivity index (χ3v) is 3.26. The van der Waals surface area contributed by atoms with E-state index in [9.17, 15) is 4.79 Å². The Morgan fingerprint density at radius 1 is 1.53 bits per heavy atom. The van der Waals surface area contributed by atoms with Gasteiger partial charge < -0.3 is 9.30 Å². The molecule has 94 valence electrons. The molecular formula is C12H19N3O2. The first kappa shape index (κ1) is 12.1. The van der Waals surface area contributed by atoms with E-state index in [0.29, 0.717) is 11.6 Å². The van der Waals surface area contributed by atoms with E-state index in [0.717, 1.165) is 19.5 Å². The number of carbonyl (C=O) groups excluding carboxylic acids is 1. The van der Waals surface area contributed by atoms with Gasteiger partial charge in [-0.2, -0.15) is 0 Å². The van der Waals surface area contributed by atoms with E-state index < -0.39 is 0 Å². The van der Waals surface area contributed by atoms with Crippen LogP contribution in [0.15, 0.2) is 18.5 Å². The van der Waals surface area contributed by atoms with Gasteiger partial charge in [-0.1, -0.05) is 0 Å². The van der Waals surface area contributed by atoms with Crippen LogP contribution in [0.4, 0.5) is 0 Å². The van der Waals surface area contributed by atoms with Gasteiger partial charge in [0.2, 0.25) is 0 Å². The smallest absolute Gasteiger partial charge is 0.339 e. The number of rotatable bonds is 3. The molecule has 17 heavy (non-hydrogen) atoms. The summed E-state index contributed by atoms with van der Waals surface area (Å²) in [6.07, 6.45) is 4.93. The van der Waals surface area contributed by atoms with Crippen molar-refractivity contribution in [1.82, 2.24) is 14.6 Å². The number of hydrogen-bond acceptors (Lipinski definition) is 4. The highest BCUT2D eigenvalue weighted by atomic mass is 16.5. The average molecular weight is 237 g/mol. The van der Waals surface area contributed by atoms with Gasteiger partial charge in [-0.3, -0.25) is 0 Å². The summed E-state index contributed by atoms with van der Waals surface area (Å²) < 4.78 is 6.81. The summed E-state index contributed by atoms with van der Waals surface area (Å²) in [5.74, 6) is -0.272. The second-order valence-electron chi connectivity index (χ2n) is 4.54. The minimum Gasteiger partial charge on any atom is -0.465 e. The Labute approximate surface area is 102 Å². The molecule has 2 rings (SSSR count). The largest absolute Gasteiger partial charge is 0.465 e. The summed E-state index contributed by atoms with van der Waals surface area (Å²) in [4.78, 5) is 11.4. The van der Waals surface area contributed by atoms with Crippen LogP contribution in [0.5, 0.6) is 0 Å². The highest BCUT2D eigenvalue weighted by molar-refractivity contribution is 5.89. The first-order valence-corrected chi connectivity index (χ1v) is 5.80. The number of nitrogens with zero attached hydrogens (tertiary/aromatic N) is 3. The molecule has 5 nitrogen and oxygen atoms in total. The van der Waals surface area contributed by atoms with E-state index in [-0.39, 0.29) is 5.97 Å². The Morgan fingerprint density at radius 3 is 2.88 bits per heavy atom. The molecule has 1 fully saturated rings. The molecule has 1 atom stereocenters. The lowest BCUT2D eigenvalue weighted by molar-refractivity contribution is 0.0497. The predicted octanol–water partition coefficient (Wildman–Crippen LogP) is 0.998. The molecule has 0 aromatic carbocycles. The molecule has 0 amide bonds. The van der Waals surface area contributed by atoms with Crippen LogP contribution >= 0.6 is 0 Å². The number of ether oxygens (including phenoxy) is 1. The van der Waals surface area contributed by atoms with Crippen molar-refractivity contribution < 1.29 is 9.53 Å². The average Bonchev–Trinajstić information content (AvgIpc) is 2.95. The third kappa shape index (κ3) is 2.50. The first-order valence-electron chi connectivity index (χ1n) is 5.80. The van der Waals surface area contributed by atoms with Crippen molar-refractivity contribution in [3.05, 3.63) is 24.0 Å². The number of carbonyl (C=O) groups is 1. The number of esters is 1. The Balaban J connectivity index is 2.04.